The minimum absolute atomic E-state index is 0.171. The molecule has 0 heterocycles. The van der Waals surface area contributed by atoms with Crippen LogP contribution < -0.4 is 14.8 Å². The zero-order valence-corrected chi connectivity index (χ0v) is 16.7. The van der Waals surface area contributed by atoms with Crippen LogP contribution in [-0.4, -0.2) is 20.1 Å². The Hall–Kier alpha value is -3.31. The van der Waals surface area contributed by atoms with E-state index in [9.17, 15) is 4.79 Å². The number of methoxy groups -OCH3 is 2. The molecule has 5 heteroatoms. The fourth-order valence-corrected chi connectivity index (χ4v) is 2.94. The van der Waals surface area contributed by atoms with Gasteiger partial charge in [-0.1, -0.05) is 54.6 Å². The zero-order valence-electron chi connectivity index (χ0n) is 16.7. The maximum absolute atomic E-state index is 12.6. The summed E-state index contributed by atoms with van der Waals surface area (Å²) in [6.07, 6.45) is 0. The van der Waals surface area contributed by atoms with E-state index in [4.69, 9.17) is 14.2 Å². The van der Waals surface area contributed by atoms with E-state index in [0.29, 0.717) is 36.8 Å². The van der Waals surface area contributed by atoms with Crippen LogP contribution in [0.5, 0.6) is 11.5 Å². The van der Waals surface area contributed by atoms with Crippen molar-refractivity contribution in [2.45, 2.75) is 19.8 Å². The molecule has 5 nitrogen and oxygen atoms in total. The molecule has 0 radical (unpaired) electrons. The lowest BCUT2D eigenvalue weighted by Gasteiger charge is -2.13. The first-order chi connectivity index (χ1) is 14.2. The molecule has 0 aromatic heterocycles. The number of hydrogen-bond donors (Lipinski definition) is 1. The maximum Gasteiger partial charge on any atom is 0.251 e. The molecule has 0 aliphatic carbocycles. The normalized spacial score (nSPS) is 10.4. The molecule has 0 bridgehead atoms. The van der Waals surface area contributed by atoms with Crippen LogP contribution in [0.25, 0.3) is 0 Å². The average Bonchev–Trinajstić information content (AvgIpc) is 2.77. The summed E-state index contributed by atoms with van der Waals surface area (Å²) in [4.78, 5) is 12.6. The first kappa shape index (κ1) is 20.4. The molecule has 0 saturated heterocycles. The first-order valence-corrected chi connectivity index (χ1v) is 9.39. The summed E-state index contributed by atoms with van der Waals surface area (Å²) in [7, 11) is 3.22. The van der Waals surface area contributed by atoms with Gasteiger partial charge in [0.05, 0.1) is 13.7 Å². The third-order valence-corrected chi connectivity index (χ3v) is 4.42. The van der Waals surface area contributed by atoms with E-state index in [0.717, 1.165) is 16.7 Å². The molecule has 1 amide bonds. The van der Waals surface area contributed by atoms with E-state index in [2.05, 4.69) is 5.32 Å². The smallest absolute Gasteiger partial charge is 0.251 e. The Morgan fingerprint density at radius 2 is 1.55 bits per heavy atom. The molecule has 0 aliphatic heterocycles. The molecule has 0 spiro atoms. The van der Waals surface area contributed by atoms with Crippen LogP contribution in [-0.2, 0) is 24.5 Å². The van der Waals surface area contributed by atoms with E-state index in [-0.39, 0.29) is 5.91 Å². The predicted octanol–water partition coefficient (Wildman–Crippen LogP) is 4.35. The van der Waals surface area contributed by atoms with Gasteiger partial charge in [0.1, 0.15) is 6.61 Å². The summed E-state index contributed by atoms with van der Waals surface area (Å²) in [5.41, 5.74) is 3.66. The number of carbonyl (C=O) groups excluding carboxylic acids is 1. The molecule has 0 saturated carbocycles. The monoisotopic (exact) mass is 391 g/mol. The standard InChI is InChI=1S/C24H25NO4/c1-27-16-20-10-6-9-19(13-20)15-25-24(26)21-11-12-22(23(14-21)28-2)29-17-18-7-4-3-5-8-18/h3-14H,15-17H2,1-2H3,(H,25,26). The molecular weight excluding hydrogens is 366 g/mol. The molecular formula is C24H25NO4. The van der Waals surface area contributed by atoms with Crippen molar-refractivity contribution in [3.63, 3.8) is 0 Å². The van der Waals surface area contributed by atoms with Crippen molar-refractivity contribution in [3.8, 4) is 11.5 Å². The number of nitrogens with one attached hydrogen (secondary N) is 1. The number of amides is 1. The molecule has 0 aliphatic rings. The van der Waals surface area contributed by atoms with Crippen LogP contribution in [0.2, 0.25) is 0 Å². The Bertz CT molecular complexity index is 941. The van der Waals surface area contributed by atoms with E-state index in [1.807, 2.05) is 54.6 Å². The summed E-state index contributed by atoms with van der Waals surface area (Å²) in [5, 5.41) is 2.94. The minimum atomic E-state index is -0.171. The van der Waals surface area contributed by atoms with E-state index >= 15 is 0 Å². The topological polar surface area (TPSA) is 56.8 Å². The van der Waals surface area contributed by atoms with E-state index in [1.54, 1.807) is 32.4 Å². The van der Waals surface area contributed by atoms with Gasteiger partial charge in [-0.3, -0.25) is 4.79 Å². The fraction of sp³-hybridized carbons (Fsp3) is 0.208. The van der Waals surface area contributed by atoms with Gasteiger partial charge in [-0.25, -0.2) is 0 Å². The predicted molar refractivity (Wildman–Crippen MR) is 112 cm³/mol. The average molecular weight is 391 g/mol. The SMILES string of the molecule is COCc1cccc(CNC(=O)c2ccc(OCc3ccccc3)c(OC)c2)c1. The van der Waals surface area contributed by atoms with Crippen molar-refractivity contribution in [2.75, 3.05) is 14.2 Å². The fourth-order valence-electron chi connectivity index (χ4n) is 2.94. The first-order valence-electron chi connectivity index (χ1n) is 9.39. The summed E-state index contributed by atoms with van der Waals surface area (Å²) < 4.78 is 16.4. The van der Waals surface area contributed by atoms with Gasteiger partial charge in [-0.2, -0.15) is 0 Å². The molecule has 0 atom stereocenters. The van der Waals surface area contributed by atoms with Crippen molar-refractivity contribution in [2.24, 2.45) is 0 Å². The van der Waals surface area contributed by atoms with Gasteiger partial charge in [-0.05, 0) is 34.9 Å². The number of ether oxygens (including phenoxy) is 3. The van der Waals surface area contributed by atoms with Gasteiger partial charge >= 0.3 is 0 Å². The summed E-state index contributed by atoms with van der Waals surface area (Å²) in [6.45, 7) is 1.41. The van der Waals surface area contributed by atoms with Gasteiger partial charge in [0.2, 0.25) is 0 Å². The molecule has 0 unspecified atom stereocenters. The highest BCUT2D eigenvalue weighted by Crippen LogP contribution is 2.29. The highest BCUT2D eigenvalue weighted by atomic mass is 16.5. The van der Waals surface area contributed by atoms with Crippen LogP contribution in [0.1, 0.15) is 27.0 Å². The van der Waals surface area contributed by atoms with Gasteiger partial charge in [0, 0.05) is 19.2 Å². The summed E-state index contributed by atoms with van der Waals surface area (Å²) in [5.74, 6) is 0.950. The van der Waals surface area contributed by atoms with E-state index in [1.165, 1.54) is 0 Å². The Morgan fingerprint density at radius 3 is 2.31 bits per heavy atom. The molecule has 3 rings (SSSR count). The lowest BCUT2D eigenvalue weighted by Crippen LogP contribution is -2.22. The number of hydrogen-bond acceptors (Lipinski definition) is 4. The van der Waals surface area contributed by atoms with Crippen molar-refractivity contribution in [3.05, 3.63) is 95.1 Å². The Morgan fingerprint density at radius 1 is 0.793 bits per heavy atom. The molecule has 1 N–H and O–H groups in total. The Balaban J connectivity index is 1.62. The second-order valence-corrected chi connectivity index (χ2v) is 6.58. The van der Waals surface area contributed by atoms with Crippen LogP contribution in [0.15, 0.2) is 72.8 Å². The van der Waals surface area contributed by atoms with Crippen LogP contribution in [0.4, 0.5) is 0 Å². The quantitative estimate of drug-likeness (QED) is 0.589. The van der Waals surface area contributed by atoms with Crippen LogP contribution in [0, 0.1) is 0 Å². The third-order valence-electron chi connectivity index (χ3n) is 4.42. The van der Waals surface area contributed by atoms with Gasteiger partial charge in [-0.15, -0.1) is 0 Å². The number of carbonyl (C=O) groups is 1. The van der Waals surface area contributed by atoms with Crippen molar-refractivity contribution in [1.29, 1.82) is 0 Å². The Labute approximate surface area is 171 Å². The molecule has 3 aromatic rings. The lowest BCUT2D eigenvalue weighted by molar-refractivity contribution is 0.0950. The molecule has 0 fully saturated rings. The van der Waals surface area contributed by atoms with Gasteiger partial charge < -0.3 is 19.5 Å². The highest BCUT2D eigenvalue weighted by molar-refractivity contribution is 5.94. The van der Waals surface area contributed by atoms with E-state index < -0.39 is 0 Å². The molecule has 3 aromatic carbocycles. The van der Waals surface area contributed by atoms with Crippen molar-refractivity contribution < 1.29 is 19.0 Å². The maximum atomic E-state index is 12.6. The van der Waals surface area contributed by atoms with Gasteiger partial charge in [0.15, 0.2) is 11.5 Å². The largest absolute Gasteiger partial charge is 0.493 e. The second-order valence-electron chi connectivity index (χ2n) is 6.58. The molecule has 29 heavy (non-hydrogen) atoms. The van der Waals surface area contributed by atoms with Crippen molar-refractivity contribution in [1.82, 2.24) is 5.32 Å². The van der Waals surface area contributed by atoms with Crippen molar-refractivity contribution >= 4 is 5.91 Å². The van der Waals surface area contributed by atoms with Crippen LogP contribution in [0.3, 0.4) is 0 Å². The number of benzene rings is 3. The third kappa shape index (κ3) is 5.83. The Kier molecular flexibility index (Phi) is 7.25. The van der Waals surface area contributed by atoms with Crippen LogP contribution >= 0.6 is 0 Å². The summed E-state index contributed by atoms with van der Waals surface area (Å²) in [6, 6.07) is 23.0. The lowest BCUT2D eigenvalue weighted by atomic mass is 10.1. The van der Waals surface area contributed by atoms with Gasteiger partial charge in [0.25, 0.3) is 5.91 Å². The summed E-state index contributed by atoms with van der Waals surface area (Å²) >= 11 is 0. The number of rotatable bonds is 9. The zero-order chi connectivity index (χ0) is 20.5. The highest BCUT2D eigenvalue weighted by Gasteiger charge is 2.11. The second kappa shape index (κ2) is 10.3. The minimum Gasteiger partial charge on any atom is -0.493 e. The molecule has 150 valence electrons.